The Morgan fingerprint density at radius 1 is 0.900 bits per heavy atom. The van der Waals surface area contributed by atoms with E-state index in [1.54, 1.807) is 20.8 Å². The molecule has 0 heterocycles. The van der Waals surface area contributed by atoms with Gasteiger partial charge in [0, 0.05) is 5.56 Å². The molecule has 0 spiro atoms. The van der Waals surface area contributed by atoms with E-state index in [2.05, 4.69) is 0 Å². The smallest absolute Gasteiger partial charge is 0.369 e. The largest absolute Gasteiger partial charge is 0.430 e. The first-order valence-electron chi connectivity index (χ1n) is 6.10. The molecule has 114 valence electrons. The van der Waals surface area contributed by atoms with Gasteiger partial charge in [-0.3, -0.25) is 0 Å². The maximum absolute atomic E-state index is 12.8. The summed E-state index contributed by atoms with van der Waals surface area (Å²) in [7, 11) is 0. The van der Waals surface area contributed by atoms with Gasteiger partial charge in [-0.15, -0.1) is 0 Å². The molecular formula is C13H14F6O. The van der Waals surface area contributed by atoms with E-state index < -0.39 is 35.0 Å². The van der Waals surface area contributed by atoms with Crippen LogP contribution in [0.1, 0.15) is 33.3 Å². The number of hydrogen-bond acceptors (Lipinski definition) is 1. The summed E-state index contributed by atoms with van der Waals surface area (Å²) in [5.74, 6) is 0. The van der Waals surface area contributed by atoms with Crippen molar-refractivity contribution < 1.29 is 32.8 Å². The lowest BCUT2D eigenvalue weighted by Gasteiger charge is -2.33. The van der Waals surface area contributed by atoms with Gasteiger partial charge >= 0.3 is 12.4 Å². The van der Waals surface area contributed by atoms with Gasteiger partial charge in [0.1, 0.15) is 0 Å². The Labute approximate surface area is 113 Å². The van der Waals surface area contributed by atoms with Crippen LogP contribution in [0.5, 0.6) is 0 Å². The Kier molecular flexibility index (Phi) is 3.52. The van der Waals surface area contributed by atoms with Gasteiger partial charge < -0.3 is 5.11 Å². The van der Waals surface area contributed by atoms with Crippen LogP contribution < -0.4 is 0 Å². The average molecular weight is 301 g/mol. The molecule has 0 aliphatic carbocycles. The number of alkyl halides is 6. The van der Waals surface area contributed by atoms with Crippen molar-refractivity contribution in [2.75, 3.05) is 0 Å². The van der Waals surface area contributed by atoms with Gasteiger partial charge in [0.2, 0.25) is 0 Å². The third-order valence-electron chi connectivity index (χ3n) is 2.81. The highest BCUT2D eigenvalue weighted by Gasteiger charge is 2.71. The normalized spacial score (nSPS) is 15.2. The van der Waals surface area contributed by atoms with E-state index in [-0.39, 0.29) is 5.56 Å². The highest BCUT2D eigenvalue weighted by atomic mass is 19.4. The van der Waals surface area contributed by atoms with Gasteiger partial charge in [-0.05, 0) is 11.0 Å². The van der Waals surface area contributed by atoms with E-state index in [1.807, 2.05) is 0 Å². The second-order valence-electron chi connectivity index (χ2n) is 5.43. The van der Waals surface area contributed by atoms with Crippen molar-refractivity contribution in [1.82, 2.24) is 0 Å². The second kappa shape index (κ2) is 4.65. The number of halogens is 6. The number of benzene rings is 1. The lowest BCUT2D eigenvalue weighted by molar-refractivity contribution is -0.376. The van der Waals surface area contributed by atoms with Crippen molar-refractivity contribution in [2.45, 2.75) is 44.1 Å². The molecule has 0 saturated carbocycles. The summed E-state index contributed by atoms with van der Waals surface area (Å²) < 4.78 is 84.7. The van der Waals surface area contributed by atoms with Crippen LogP contribution in [0.2, 0.25) is 0 Å². The van der Waals surface area contributed by atoms with E-state index in [0.29, 0.717) is 6.07 Å². The van der Waals surface area contributed by atoms with E-state index in [9.17, 15) is 31.4 Å². The molecule has 1 rings (SSSR count). The minimum absolute atomic E-state index is 0.0214. The van der Waals surface area contributed by atoms with Crippen LogP contribution in [-0.4, -0.2) is 17.5 Å². The summed E-state index contributed by atoms with van der Waals surface area (Å²) in [6.07, 6.45) is -12.0. The summed E-state index contributed by atoms with van der Waals surface area (Å²) >= 11 is 0. The fourth-order valence-electron chi connectivity index (χ4n) is 1.58. The third-order valence-corrected chi connectivity index (χ3v) is 2.81. The molecule has 0 fully saturated rings. The van der Waals surface area contributed by atoms with Crippen LogP contribution in [0.4, 0.5) is 26.3 Å². The first-order chi connectivity index (χ1) is 9.14. The maximum atomic E-state index is 12.8. The minimum Gasteiger partial charge on any atom is -0.369 e. The molecule has 1 aromatic rings. The van der Waals surface area contributed by atoms with Crippen LogP contribution >= 0.6 is 0 Å². The quantitative estimate of drug-likeness (QED) is 0.767. The predicted molar refractivity (Wildman–Crippen MR) is 61.1 cm³/mol. The third kappa shape index (κ3) is 2.77. The van der Waals surface area contributed by atoms with Crippen LogP contribution in [0, 0.1) is 0 Å². The molecular weight excluding hydrogens is 286 g/mol. The molecule has 0 aliphatic rings. The SMILES string of the molecule is [2H]c1c(C(C)(C)C)cccc1C(O)(C(F)(F)F)C(F)(F)F. The van der Waals surface area contributed by atoms with E-state index in [0.717, 1.165) is 6.07 Å². The van der Waals surface area contributed by atoms with Crippen molar-refractivity contribution in [3.63, 3.8) is 0 Å². The van der Waals surface area contributed by atoms with Gasteiger partial charge in [0.05, 0.1) is 1.37 Å². The molecule has 0 aliphatic heterocycles. The summed E-state index contributed by atoms with van der Waals surface area (Å²) in [5.41, 5.74) is -7.45. The van der Waals surface area contributed by atoms with Gasteiger partial charge in [-0.1, -0.05) is 45.0 Å². The van der Waals surface area contributed by atoms with E-state index >= 15 is 0 Å². The monoisotopic (exact) mass is 301 g/mol. The lowest BCUT2D eigenvalue weighted by atomic mass is 9.83. The fraction of sp³-hybridized carbons (Fsp3) is 0.538. The van der Waals surface area contributed by atoms with Crippen molar-refractivity contribution in [1.29, 1.82) is 0 Å². The predicted octanol–water partition coefficient (Wildman–Crippen LogP) is 4.30. The van der Waals surface area contributed by atoms with Crippen molar-refractivity contribution in [2.24, 2.45) is 0 Å². The van der Waals surface area contributed by atoms with Crippen LogP contribution in [0.3, 0.4) is 0 Å². The number of hydrogen-bond donors (Lipinski definition) is 1. The number of rotatable bonds is 1. The van der Waals surface area contributed by atoms with Crippen LogP contribution in [-0.2, 0) is 11.0 Å². The Morgan fingerprint density at radius 3 is 1.65 bits per heavy atom. The maximum Gasteiger partial charge on any atom is 0.430 e. The molecule has 0 saturated heterocycles. The zero-order chi connectivity index (χ0) is 16.9. The Bertz CT molecular complexity index is 513. The molecule has 7 heteroatoms. The number of aliphatic hydroxyl groups is 1. The molecule has 0 unspecified atom stereocenters. The molecule has 20 heavy (non-hydrogen) atoms. The Morgan fingerprint density at radius 2 is 1.30 bits per heavy atom. The molecule has 0 amide bonds. The van der Waals surface area contributed by atoms with Gasteiger partial charge in [-0.25, -0.2) is 0 Å². The zero-order valence-corrected chi connectivity index (χ0v) is 10.9. The molecule has 1 N–H and O–H groups in total. The average Bonchev–Trinajstić information content (AvgIpc) is 2.23. The fourth-order valence-corrected chi connectivity index (χ4v) is 1.58. The molecule has 0 aromatic heterocycles. The van der Waals surface area contributed by atoms with Crippen molar-refractivity contribution >= 4 is 0 Å². The summed E-state index contributed by atoms with van der Waals surface area (Å²) in [6, 6.07) is 1.73. The zero-order valence-electron chi connectivity index (χ0n) is 11.9. The minimum atomic E-state index is -5.99. The van der Waals surface area contributed by atoms with Crippen LogP contribution in [0.25, 0.3) is 0 Å². The Hall–Kier alpha value is -1.24. The summed E-state index contributed by atoms with van der Waals surface area (Å²) in [4.78, 5) is 0. The molecule has 0 radical (unpaired) electrons. The van der Waals surface area contributed by atoms with Crippen molar-refractivity contribution in [3.05, 3.63) is 35.4 Å². The summed E-state index contributed by atoms with van der Waals surface area (Å²) in [5, 5.41) is 9.36. The van der Waals surface area contributed by atoms with Gasteiger partial charge in [0.25, 0.3) is 5.60 Å². The van der Waals surface area contributed by atoms with Crippen molar-refractivity contribution in [3.8, 4) is 0 Å². The highest BCUT2D eigenvalue weighted by Crippen LogP contribution is 2.50. The van der Waals surface area contributed by atoms with Gasteiger partial charge in [0.15, 0.2) is 0 Å². The topological polar surface area (TPSA) is 20.2 Å². The van der Waals surface area contributed by atoms with Gasteiger partial charge in [-0.2, -0.15) is 26.3 Å². The standard InChI is InChI=1S/C13H14F6O/c1-10(2,3)8-5-4-6-9(7-8)11(20,12(14,15)16)13(17,18)19/h4-7,20H,1-3H3/i7D. The molecule has 0 atom stereocenters. The van der Waals surface area contributed by atoms with Crippen LogP contribution in [0.15, 0.2) is 24.2 Å². The second-order valence-corrected chi connectivity index (χ2v) is 5.43. The lowest BCUT2D eigenvalue weighted by Crippen LogP contribution is -2.54. The molecule has 1 aromatic carbocycles. The Balaban J connectivity index is 3.72. The van der Waals surface area contributed by atoms with E-state index in [1.165, 1.54) is 6.07 Å². The van der Waals surface area contributed by atoms with E-state index in [4.69, 9.17) is 1.37 Å². The molecule has 1 nitrogen and oxygen atoms in total. The first kappa shape index (κ1) is 15.2. The highest BCUT2D eigenvalue weighted by molar-refractivity contribution is 5.34. The summed E-state index contributed by atoms with van der Waals surface area (Å²) in [6.45, 7) is 4.64. The first-order valence-corrected chi connectivity index (χ1v) is 5.60. The molecule has 0 bridgehead atoms.